The largest absolute Gasteiger partial charge is 0.326 e. The highest BCUT2D eigenvalue weighted by molar-refractivity contribution is 8.15. The third kappa shape index (κ3) is 3.93. The summed E-state index contributed by atoms with van der Waals surface area (Å²) in [7, 11) is 0. The molecule has 2 amide bonds. The van der Waals surface area contributed by atoms with Crippen LogP contribution in [0.15, 0.2) is 23.2 Å². The molecule has 1 atom stereocenters. The van der Waals surface area contributed by atoms with Gasteiger partial charge in [0.15, 0.2) is 5.17 Å². The molecule has 1 aliphatic heterocycles. The molecule has 23 heavy (non-hydrogen) atoms. The molecule has 0 bridgehead atoms. The number of nitrogens with one attached hydrogen (secondary N) is 1. The summed E-state index contributed by atoms with van der Waals surface area (Å²) in [6, 6.07) is 5.88. The number of rotatable bonds is 5. The van der Waals surface area contributed by atoms with Gasteiger partial charge >= 0.3 is 0 Å². The summed E-state index contributed by atoms with van der Waals surface area (Å²) >= 11 is 1.39. The number of anilines is 1. The SMILES string of the molecule is CCN=C1SC(CC(=O)Nc2c(C)cccc2C)C(=O)N1CC. The summed E-state index contributed by atoms with van der Waals surface area (Å²) in [5.74, 6) is -0.164. The van der Waals surface area contributed by atoms with Crippen LogP contribution >= 0.6 is 11.8 Å². The Balaban J connectivity index is 2.06. The molecule has 1 unspecified atom stereocenters. The van der Waals surface area contributed by atoms with Crippen LogP contribution in [-0.2, 0) is 9.59 Å². The highest BCUT2D eigenvalue weighted by Crippen LogP contribution is 2.30. The molecule has 0 radical (unpaired) electrons. The van der Waals surface area contributed by atoms with Gasteiger partial charge in [-0.05, 0) is 38.8 Å². The molecular formula is C17H23N3O2S. The van der Waals surface area contributed by atoms with Gasteiger partial charge in [-0.1, -0.05) is 30.0 Å². The number of thioether (sulfide) groups is 1. The number of para-hydroxylation sites is 1. The molecule has 0 aromatic heterocycles. The van der Waals surface area contributed by atoms with Gasteiger partial charge in [0.2, 0.25) is 11.8 Å². The lowest BCUT2D eigenvalue weighted by atomic mass is 10.1. The van der Waals surface area contributed by atoms with Gasteiger partial charge in [0.25, 0.3) is 0 Å². The molecule has 1 saturated heterocycles. The van der Waals surface area contributed by atoms with Gasteiger partial charge in [0, 0.05) is 25.2 Å². The van der Waals surface area contributed by atoms with E-state index in [1.807, 2.05) is 45.9 Å². The van der Waals surface area contributed by atoms with Gasteiger partial charge in [-0.15, -0.1) is 0 Å². The molecule has 1 aliphatic rings. The van der Waals surface area contributed by atoms with E-state index in [0.717, 1.165) is 22.0 Å². The molecule has 1 heterocycles. The first-order chi connectivity index (χ1) is 11.0. The lowest BCUT2D eigenvalue weighted by molar-refractivity contribution is -0.128. The number of carbonyl (C=O) groups excluding carboxylic acids is 2. The fourth-order valence-corrected chi connectivity index (χ4v) is 3.82. The maximum Gasteiger partial charge on any atom is 0.242 e. The van der Waals surface area contributed by atoms with Crippen molar-refractivity contribution in [2.75, 3.05) is 18.4 Å². The van der Waals surface area contributed by atoms with Gasteiger partial charge in [-0.2, -0.15) is 0 Å². The number of hydrogen-bond acceptors (Lipinski definition) is 4. The minimum absolute atomic E-state index is 0.0265. The number of amidine groups is 1. The van der Waals surface area contributed by atoms with Crippen LogP contribution in [0, 0.1) is 13.8 Å². The predicted molar refractivity (Wildman–Crippen MR) is 95.9 cm³/mol. The summed E-state index contributed by atoms with van der Waals surface area (Å²) in [4.78, 5) is 30.7. The Morgan fingerprint density at radius 2 is 1.96 bits per heavy atom. The van der Waals surface area contributed by atoms with E-state index in [4.69, 9.17) is 0 Å². The van der Waals surface area contributed by atoms with Crippen molar-refractivity contribution in [1.82, 2.24) is 4.90 Å². The van der Waals surface area contributed by atoms with Crippen molar-refractivity contribution in [1.29, 1.82) is 0 Å². The van der Waals surface area contributed by atoms with E-state index < -0.39 is 0 Å². The third-order valence-corrected chi connectivity index (χ3v) is 4.96. The summed E-state index contributed by atoms with van der Waals surface area (Å²) < 4.78 is 0. The third-order valence-electron chi connectivity index (χ3n) is 3.75. The fraction of sp³-hybridized carbons (Fsp3) is 0.471. The van der Waals surface area contributed by atoms with E-state index in [1.165, 1.54) is 11.8 Å². The Morgan fingerprint density at radius 1 is 1.30 bits per heavy atom. The van der Waals surface area contributed by atoms with Crippen LogP contribution in [0.25, 0.3) is 0 Å². The number of hydrogen-bond donors (Lipinski definition) is 1. The van der Waals surface area contributed by atoms with Crippen LogP contribution in [0.5, 0.6) is 0 Å². The van der Waals surface area contributed by atoms with E-state index in [1.54, 1.807) is 4.90 Å². The number of aryl methyl sites for hydroxylation is 2. The Bertz CT molecular complexity index is 622. The van der Waals surface area contributed by atoms with Gasteiger partial charge in [0.05, 0.1) is 0 Å². The van der Waals surface area contributed by atoms with E-state index in [-0.39, 0.29) is 23.5 Å². The van der Waals surface area contributed by atoms with Crippen molar-refractivity contribution >= 4 is 34.4 Å². The zero-order valence-electron chi connectivity index (χ0n) is 14.0. The van der Waals surface area contributed by atoms with E-state index in [2.05, 4.69) is 10.3 Å². The first-order valence-corrected chi connectivity index (χ1v) is 8.74. The second-order valence-electron chi connectivity index (χ2n) is 5.47. The van der Waals surface area contributed by atoms with Gasteiger partial charge in [0.1, 0.15) is 5.25 Å². The standard InChI is InChI=1S/C17H23N3O2S/c1-5-18-17-20(6-2)16(22)13(23-17)10-14(21)19-15-11(3)8-7-9-12(15)4/h7-9,13H,5-6,10H2,1-4H3,(H,19,21). The summed E-state index contributed by atoms with van der Waals surface area (Å²) in [6.07, 6.45) is 0.163. The molecule has 0 aliphatic carbocycles. The molecule has 1 aromatic carbocycles. The average molecular weight is 333 g/mol. The zero-order valence-corrected chi connectivity index (χ0v) is 14.9. The Labute approximate surface area is 141 Å². The molecular weight excluding hydrogens is 310 g/mol. The monoisotopic (exact) mass is 333 g/mol. The maximum atomic E-state index is 12.4. The summed E-state index contributed by atoms with van der Waals surface area (Å²) in [5, 5.41) is 3.28. The van der Waals surface area contributed by atoms with Crippen molar-refractivity contribution in [2.24, 2.45) is 4.99 Å². The predicted octanol–water partition coefficient (Wildman–Crippen LogP) is 2.97. The molecule has 0 spiro atoms. The summed E-state index contributed by atoms with van der Waals surface area (Å²) in [5.41, 5.74) is 2.88. The molecule has 5 nitrogen and oxygen atoms in total. The van der Waals surface area contributed by atoms with Crippen molar-refractivity contribution in [2.45, 2.75) is 39.4 Å². The Morgan fingerprint density at radius 3 is 2.52 bits per heavy atom. The Kier molecular flexibility index (Phi) is 5.82. The molecule has 1 aromatic rings. The summed E-state index contributed by atoms with van der Waals surface area (Å²) in [6.45, 7) is 8.99. The quantitative estimate of drug-likeness (QED) is 0.901. The van der Waals surface area contributed by atoms with Crippen LogP contribution in [0.3, 0.4) is 0 Å². The fourth-order valence-electron chi connectivity index (χ4n) is 2.56. The second-order valence-corrected chi connectivity index (χ2v) is 6.63. The molecule has 124 valence electrons. The first-order valence-electron chi connectivity index (χ1n) is 7.86. The van der Waals surface area contributed by atoms with Gasteiger partial charge < -0.3 is 5.32 Å². The van der Waals surface area contributed by atoms with Gasteiger partial charge in [-0.25, -0.2) is 0 Å². The number of amides is 2. The van der Waals surface area contributed by atoms with Crippen LogP contribution < -0.4 is 5.32 Å². The minimum atomic E-state index is -0.385. The second kappa shape index (κ2) is 7.64. The lowest BCUT2D eigenvalue weighted by Gasteiger charge is -2.14. The van der Waals surface area contributed by atoms with Crippen molar-refractivity contribution in [3.05, 3.63) is 29.3 Å². The van der Waals surface area contributed by atoms with E-state index in [0.29, 0.717) is 13.1 Å². The zero-order chi connectivity index (χ0) is 17.0. The number of nitrogens with zero attached hydrogens (tertiary/aromatic N) is 2. The van der Waals surface area contributed by atoms with E-state index >= 15 is 0 Å². The smallest absolute Gasteiger partial charge is 0.242 e. The lowest BCUT2D eigenvalue weighted by Crippen LogP contribution is -2.33. The van der Waals surface area contributed by atoms with Crippen molar-refractivity contribution < 1.29 is 9.59 Å². The average Bonchev–Trinajstić information content (AvgIpc) is 2.79. The first kappa shape index (κ1) is 17.5. The highest BCUT2D eigenvalue weighted by Gasteiger charge is 2.38. The van der Waals surface area contributed by atoms with Crippen LogP contribution in [0.4, 0.5) is 5.69 Å². The van der Waals surface area contributed by atoms with Crippen LogP contribution in [0.2, 0.25) is 0 Å². The highest BCUT2D eigenvalue weighted by atomic mass is 32.2. The van der Waals surface area contributed by atoms with Gasteiger partial charge in [-0.3, -0.25) is 19.5 Å². The van der Waals surface area contributed by atoms with Crippen LogP contribution in [-0.4, -0.2) is 40.2 Å². The number of carbonyl (C=O) groups is 2. The molecule has 1 N–H and O–H groups in total. The molecule has 6 heteroatoms. The van der Waals surface area contributed by atoms with E-state index in [9.17, 15) is 9.59 Å². The number of benzene rings is 1. The normalized spacial score (nSPS) is 19.5. The van der Waals surface area contributed by atoms with Crippen molar-refractivity contribution in [3.63, 3.8) is 0 Å². The molecule has 1 fully saturated rings. The molecule has 2 rings (SSSR count). The number of aliphatic imine (C=N–C) groups is 1. The molecule has 0 saturated carbocycles. The Hall–Kier alpha value is -1.82. The van der Waals surface area contributed by atoms with Crippen LogP contribution in [0.1, 0.15) is 31.4 Å². The van der Waals surface area contributed by atoms with Crippen molar-refractivity contribution in [3.8, 4) is 0 Å². The minimum Gasteiger partial charge on any atom is -0.326 e. The maximum absolute atomic E-state index is 12.4. The topological polar surface area (TPSA) is 61.8 Å².